The van der Waals surface area contributed by atoms with Crippen LogP contribution in [0.5, 0.6) is 0 Å². The third-order valence-corrected chi connectivity index (χ3v) is 7.13. The molecular weight excluding hydrogens is 316 g/mol. The summed E-state index contributed by atoms with van der Waals surface area (Å²) in [5.74, 6) is 1.59. The molecule has 2 saturated heterocycles. The van der Waals surface area contributed by atoms with Gasteiger partial charge < -0.3 is 20.0 Å². The topological polar surface area (TPSA) is 55.9 Å². The van der Waals surface area contributed by atoms with Gasteiger partial charge in [0.1, 0.15) is 0 Å². The van der Waals surface area contributed by atoms with Crippen molar-refractivity contribution in [3.05, 3.63) is 0 Å². The zero-order valence-electron chi connectivity index (χ0n) is 15.8. The van der Waals surface area contributed by atoms with Crippen molar-refractivity contribution in [2.24, 2.45) is 17.3 Å². The number of carbonyl (C=O) groups excluding carboxylic acids is 2. The molecule has 2 heterocycles. The minimum atomic E-state index is 0.152. The Balaban J connectivity index is 1.25. The molecule has 4 rings (SSSR count). The highest BCUT2D eigenvalue weighted by molar-refractivity contribution is 5.79. The number of nitrogens with one attached hydrogen (secondary N) is 1. The molecule has 0 bridgehead atoms. The fourth-order valence-electron chi connectivity index (χ4n) is 5.67. The van der Waals surface area contributed by atoms with Gasteiger partial charge in [-0.05, 0) is 56.3 Å². The third-order valence-electron chi connectivity index (χ3n) is 7.13. The van der Waals surface area contributed by atoms with Crippen molar-refractivity contribution in [2.75, 3.05) is 40.3 Å². The lowest BCUT2D eigenvalue weighted by molar-refractivity contribution is -0.130. The van der Waals surface area contributed by atoms with Gasteiger partial charge in [0.05, 0.1) is 6.54 Å². The lowest BCUT2D eigenvalue weighted by atomic mass is 10.0. The molecular formula is C19H32N4O2. The van der Waals surface area contributed by atoms with Crippen LogP contribution in [0.3, 0.4) is 0 Å². The number of nitrogens with zero attached hydrogens (tertiary/aromatic N) is 3. The first-order chi connectivity index (χ1) is 11.9. The van der Waals surface area contributed by atoms with Crippen molar-refractivity contribution in [1.29, 1.82) is 0 Å². The van der Waals surface area contributed by atoms with Crippen LogP contribution in [0.15, 0.2) is 0 Å². The van der Waals surface area contributed by atoms with Crippen LogP contribution in [0.4, 0.5) is 4.79 Å². The number of rotatable bonds is 3. The van der Waals surface area contributed by atoms with Gasteiger partial charge >= 0.3 is 6.03 Å². The Morgan fingerprint density at radius 3 is 2.40 bits per heavy atom. The molecule has 5 atom stereocenters. The molecule has 1 unspecified atom stereocenters. The fourth-order valence-corrected chi connectivity index (χ4v) is 5.67. The number of likely N-dealkylation sites (tertiary alicyclic amines) is 2. The number of urea groups is 1. The van der Waals surface area contributed by atoms with E-state index in [4.69, 9.17) is 0 Å². The number of carbonyl (C=O) groups is 2. The minimum Gasteiger partial charge on any atom is -0.339 e. The highest BCUT2D eigenvalue weighted by Crippen LogP contribution is 2.63. The van der Waals surface area contributed by atoms with E-state index in [0.717, 1.165) is 32.5 Å². The van der Waals surface area contributed by atoms with Crippen molar-refractivity contribution in [3.63, 3.8) is 0 Å². The van der Waals surface area contributed by atoms with E-state index in [0.29, 0.717) is 35.9 Å². The first kappa shape index (κ1) is 17.1. The van der Waals surface area contributed by atoms with Gasteiger partial charge in [0, 0.05) is 45.8 Å². The lowest BCUT2D eigenvalue weighted by Crippen LogP contribution is -2.41. The van der Waals surface area contributed by atoms with Gasteiger partial charge in [0.2, 0.25) is 5.91 Å². The molecule has 2 aliphatic heterocycles. The molecule has 6 nitrogen and oxygen atoms in total. The Labute approximate surface area is 150 Å². The second-order valence-corrected chi connectivity index (χ2v) is 9.09. The molecule has 6 heteroatoms. The van der Waals surface area contributed by atoms with E-state index in [9.17, 15) is 9.59 Å². The van der Waals surface area contributed by atoms with Gasteiger partial charge in [0.15, 0.2) is 0 Å². The summed E-state index contributed by atoms with van der Waals surface area (Å²) in [6.45, 7) is 5.41. The molecule has 1 N–H and O–H groups in total. The summed E-state index contributed by atoms with van der Waals surface area (Å²) in [5.41, 5.74) is 0.416. The first-order valence-corrected chi connectivity index (χ1v) is 9.89. The summed E-state index contributed by atoms with van der Waals surface area (Å²) in [7, 11) is 3.66. The normalized spacial score (nSPS) is 39.2. The molecule has 25 heavy (non-hydrogen) atoms. The van der Waals surface area contributed by atoms with Crippen molar-refractivity contribution in [3.8, 4) is 0 Å². The summed E-state index contributed by atoms with van der Waals surface area (Å²) in [4.78, 5) is 30.3. The second-order valence-electron chi connectivity index (χ2n) is 9.09. The van der Waals surface area contributed by atoms with Crippen molar-refractivity contribution >= 4 is 11.9 Å². The molecule has 4 fully saturated rings. The van der Waals surface area contributed by atoms with Crippen LogP contribution in [-0.2, 0) is 4.79 Å². The fraction of sp³-hybridized carbons (Fsp3) is 0.895. The molecule has 3 amide bonds. The summed E-state index contributed by atoms with van der Waals surface area (Å²) < 4.78 is 0. The number of fused-ring (bicyclic) bond motifs is 1. The Kier molecular flexibility index (Phi) is 4.21. The number of hydrogen-bond acceptors (Lipinski definition) is 3. The van der Waals surface area contributed by atoms with Crippen molar-refractivity contribution in [2.45, 2.75) is 51.1 Å². The van der Waals surface area contributed by atoms with E-state index in [-0.39, 0.29) is 11.9 Å². The van der Waals surface area contributed by atoms with E-state index in [1.165, 1.54) is 19.3 Å². The van der Waals surface area contributed by atoms with E-state index in [1.54, 1.807) is 4.90 Å². The summed E-state index contributed by atoms with van der Waals surface area (Å²) in [5, 5.41) is 3.55. The Bertz CT molecular complexity index is 550. The first-order valence-electron chi connectivity index (χ1n) is 9.89. The lowest BCUT2D eigenvalue weighted by Gasteiger charge is -2.23. The highest BCUT2D eigenvalue weighted by Gasteiger charge is 2.62. The maximum atomic E-state index is 12.4. The maximum absolute atomic E-state index is 12.4. The number of hydrogen-bond donors (Lipinski definition) is 1. The van der Waals surface area contributed by atoms with E-state index in [2.05, 4.69) is 12.2 Å². The van der Waals surface area contributed by atoms with Gasteiger partial charge in [-0.25, -0.2) is 4.79 Å². The monoisotopic (exact) mass is 348 g/mol. The van der Waals surface area contributed by atoms with Gasteiger partial charge in [-0.2, -0.15) is 0 Å². The Morgan fingerprint density at radius 2 is 1.84 bits per heavy atom. The van der Waals surface area contributed by atoms with Crippen LogP contribution in [0.2, 0.25) is 0 Å². The molecule has 0 radical (unpaired) electrons. The molecule has 4 aliphatic rings. The summed E-state index contributed by atoms with van der Waals surface area (Å²) >= 11 is 0. The van der Waals surface area contributed by atoms with Crippen LogP contribution in [0.1, 0.15) is 39.0 Å². The van der Waals surface area contributed by atoms with Gasteiger partial charge in [-0.1, -0.05) is 0 Å². The smallest absolute Gasteiger partial charge is 0.319 e. The van der Waals surface area contributed by atoms with Crippen molar-refractivity contribution in [1.82, 2.24) is 20.0 Å². The molecule has 2 aliphatic carbocycles. The largest absolute Gasteiger partial charge is 0.339 e. The predicted octanol–water partition coefficient (Wildman–Crippen LogP) is 1.37. The molecule has 0 aromatic carbocycles. The SMILES string of the molecule is C[C@@H]1CCCN1C(=O)CN[C@H]1CC12C[C@H]1CN(C(=O)N(C)C)C[C@H]1C2. The van der Waals surface area contributed by atoms with Crippen molar-refractivity contribution < 1.29 is 9.59 Å². The van der Waals surface area contributed by atoms with Gasteiger partial charge in [0.25, 0.3) is 0 Å². The zero-order chi connectivity index (χ0) is 17.8. The average Bonchev–Trinajstić information content (AvgIpc) is 2.87. The predicted molar refractivity (Wildman–Crippen MR) is 96.1 cm³/mol. The van der Waals surface area contributed by atoms with E-state index < -0.39 is 0 Å². The van der Waals surface area contributed by atoms with E-state index >= 15 is 0 Å². The van der Waals surface area contributed by atoms with Crippen LogP contribution < -0.4 is 5.32 Å². The molecule has 2 saturated carbocycles. The van der Waals surface area contributed by atoms with Crippen LogP contribution in [0, 0.1) is 17.3 Å². The maximum Gasteiger partial charge on any atom is 0.319 e. The quantitative estimate of drug-likeness (QED) is 0.838. The number of amides is 3. The van der Waals surface area contributed by atoms with Crippen LogP contribution in [0.25, 0.3) is 0 Å². The van der Waals surface area contributed by atoms with Crippen LogP contribution >= 0.6 is 0 Å². The molecule has 1 spiro atoms. The average molecular weight is 348 g/mol. The molecule has 0 aromatic heterocycles. The summed E-state index contributed by atoms with van der Waals surface area (Å²) in [6, 6.07) is 1.07. The minimum absolute atomic E-state index is 0.152. The Hall–Kier alpha value is -1.30. The van der Waals surface area contributed by atoms with Gasteiger partial charge in [-0.15, -0.1) is 0 Å². The highest BCUT2D eigenvalue weighted by atomic mass is 16.2. The zero-order valence-corrected chi connectivity index (χ0v) is 15.8. The Morgan fingerprint density at radius 1 is 1.16 bits per heavy atom. The molecule has 0 aromatic rings. The van der Waals surface area contributed by atoms with Crippen LogP contribution in [-0.4, -0.2) is 79.0 Å². The summed E-state index contributed by atoms with van der Waals surface area (Å²) in [6.07, 6.45) is 5.95. The standard InChI is InChI=1S/C19H32N4O2/c1-13-5-4-6-23(13)17(24)10-20-16-9-19(16)7-14-11-22(12-15(14)8-19)18(25)21(2)3/h13-16,20H,4-12H2,1-3H3/t13-,14-,15+,16+,19?/m1/s1. The molecule has 140 valence electrons. The third kappa shape index (κ3) is 3.03. The van der Waals surface area contributed by atoms with Gasteiger partial charge in [-0.3, -0.25) is 4.79 Å². The van der Waals surface area contributed by atoms with E-state index in [1.807, 2.05) is 23.9 Å². The second kappa shape index (κ2) is 6.15.